The number of ether oxygens (including phenoxy) is 1. The van der Waals surface area contributed by atoms with Crippen molar-refractivity contribution in [2.24, 2.45) is 0 Å². The fraction of sp³-hybridized carbons (Fsp3) is 0.750. The van der Waals surface area contributed by atoms with Crippen LogP contribution in [0, 0.1) is 0 Å². The smallest absolute Gasteiger partial charge is 0.220 e. The number of carbonyl (C=O) groups excluding carboxylic acids is 1. The molecular formula is C16H26N4O2. The van der Waals surface area contributed by atoms with E-state index in [1.54, 1.807) is 0 Å². The molecule has 2 heterocycles. The molecule has 1 saturated carbocycles. The number of nitrogens with one attached hydrogen (secondary N) is 1. The molecule has 2 aliphatic rings. The summed E-state index contributed by atoms with van der Waals surface area (Å²) in [5.41, 5.74) is 1.11. The second kappa shape index (κ2) is 7.24. The van der Waals surface area contributed by atoms with Gasteiger partial charge in [0.15, 0.2) is 0 Å². The molecule has 0 spiro atoms. The van der Waals surface area contributed by atoms with Crippen LogP contribution in [0.3, 0.4) is 0 Å². The SMILES string of the molecule is C[C@H](CCC(=O)NCc1cncn1C1CC1)N1CCOCC1. The third kappa shape index (κ3) is 4.08. The van der Waals surface area contributed by atoms with Crippen molar-refractivity contribution in [3.63, 3.8) is 0 Å². The van der Waals surface area contributed by atoms with Crippen LogP contribution in [0.15, 0.2) is 12.5 Å². The maximum absolute atomic E-state index is 12.0. The van der Waals surface area contributed by atoms with Crippen molar-refractivity contribution < 1.29 is 9.53 Å². The monoisotopic (exact) mass is 306 g/mol. The summed E-state index contributed by atoms with van der Waals surface area (Å²) in [5, 5.41) is 3.02. The molecule has 2 fully saturated rings. The van der Waals surface area contributed by atoms with Gasteiger partial charge >= 0.3 is 0 Å². The Kier molecular flexibility index (Phi) is 5.10. The number of carbonyl (C=O) groups is 1. The van der Waals surface area contributed by atoms with E-state index in [2.05, 4.69) is 26.7 Å². The minimum absolute atomic E-state index is 0.128. The summed E-state index contributed by atoms with van der Waals surface area (Å²) in [4.78, 5) is 18.6. The average Bonchev–Trinajstić information content (AvgIpc) is 3.29. The molecule has 0 unspecified atom stereocenters. The van der Waals surface area contributed by atoms with E-state index >= 15 is 0 Å². The lowest BCUT2D eigenvalue weighted by Gasteiger charge is -2.32. The van der Waals surface area contributed by atoms with Crippen molar-refractivity contribution in [2.75, 3.05) is 26.3 Å². The Labute approximate surface area is 131 Å². The van der Waals surface area contributed by atoms with Crippen LogP contribution in [0.4, 0.5) is 0 Å². The molecule has 1 aliphatic carbocycles. The van der Waals surface area contributed by atoms with Crippen LogP contribution in [0.1, 0.15) is 44.3 Å². The number of aromatic nitrogens is 2. The lowest BCUT2D eigenvalue weighted by atomic mass is 10.1. The van der Waals surface area contributed by atoms with Crippen molar-refractivity contribution >= 4 is 5.91 Å². The van der Waals surface area contributed by atoms with Gasteiger partial charge in [0, 0.05) is 37.8 Å². The van der Waals surface area contributed by atoms with Crippen LogP contribution in [0.5, 0.6) is 0 Å². The third-order valence-corrected chi connectivity index (χ3v) is 4.61. The van der Waals surface area contributed by atoms with E-state index in [-0.39, 0.29) is 5.91 Å². The number of hydrogen-bond donors (Lipinski definition) is 1. The number of rotatable bonds is 7. The zero-order valence-corrected chi connectivity index (χ0v) is 13.3. The molecule has 1 amide bonds. The molecule has 122 valence electrons. The van der Waals surface area contributed by atoms with Crippen LogP contribution >= 0.6 is 0 Å². The molecule has 0 bridgehead atoms. The largest absolute Gasteiger partial charge is 0.379 e. The molecule has 0 radical (unpaired) electrons. The molecule has 1 atom stereocenters. The van der Waals surface area contributed by atoms with Gasteiger partial charge < -0.3 is 14.6 Å². The summed E-state index contributed by atoms with van der Waals surface area (Å²) >= 11 is 0. The predicted molar refractivity (Wildman–Crippen MR) is 83.4 cm³/mol. The first-order valence-corrected chi connectivity index (χ1v) is 8.33. The first-order valence-electron chi connectivity index (χ1n) is 8.33. The predicted octanol–water partition coefficient (Wildman–Crippen LogP) is 1.34. The standard InChI is InChI=1S/C16H26N4O2/c1-13(19-6-8-22-9-7-19)2-5-16(21)18-11-15-10-17-12-20(15)14-3-4-14/h10,12-14H,2-9,11H2,1H3,(H,18,21)/t13-/m1/s1. The van der Waals surface area contributed by atoms with E-state index < -0.39 is 0 Å². The Balaban J connectivity index is 1.37. The van der Waals surface area contributed by atoms with Gasteiger partial charge in [0.1, 0.15) is 0 Å². The zero-order valence-electron chi connectivity index (χ0n) is 13.3. The van der Waals surface area contributed by atoms with Crippen LogP contribution in [0.2, 0.25) is 0 Å². The molecule has 6 nitrogen and oxygen atoms in total. The quantitative estimate of drug-likeness (QED) is 0.826. The molecule has 3 rings (SSSR count). The van der Waals surface area contributed by atoms with E-state index in [0.717, 1.165) is 38.4 Å². The Bertz CT molecular complexity index is 492. The zero-order chi connectivity index (χ0) is 15.4. The summed E-state index contributed by atoms with van der Waals surface area (Å²) < 4.78 is 7.55. The van der Waals surface area contributed by atoms with Gasteiger partial charge in [0.25, 0.3) is 0 Å². The normalized spacial score (nSPS) is 20.8. The van der Waals surface area contributed by atoms with E-state index in [4.69, 9.17) is 4.74 Å². The lowest BCUT2D eigenvalue weighted by molar-refractivity contribution is -0.121. The Morgan fingerprint density at radius 1 is 1.45 bits per heavy atom. The van der Waals surface area contributed by atoms with Gasteiger partial charge in [-0.1, -0.05) is 0 Å². The van der Waals surface area contributed by atoms with Gasteiger partial charge in [-0.25, -0.2) is 4.98 Å². The van der Waals surface area contributed by atoms with Crippen molar-refractivity contribution in [1.29, 1.82) is 0 Å². The maximum atomic E-state index is 12.0. The maximum Gasteiger partial charge on any atom is 0.220 e. The molecule has 1 saturated heterocycles. The van der Waals surface area contributed by atoms with Crippen molar-refractivity contribution in [3.8, 4) is 0 Å². The highest BCUT2D eigenvalue weighted by Gasteiger charge is 2.25. The van der Waals surface area contributed by atoms with E-state index in [1.165, 1.54) is 12.8 Å². The number of nitrogens with zero attached hydrogens (tertiary/aromatic N) is 3. The third-order valence-electron chi connectivity index (χ3n) is 4.61. The number of hydrogen-bond acceptors (Lipinski definition) is 4. The highest BCUT2D eigenvalue weighted by Crippen LogP contribution is 2.35. The first kappa shape index (κ1) is 15.5. The van der Waals surface area contributed by atoms with Crippen molar-refractivity contribution in [3.05, 3.63) is 18.2 Å². The van der Waals surface area contributed by atoms with Gasteiger partial charge in [-0.05, 0) is 26.2 Å². The summed E-state index contributed by atoms with van der Waals surface area (Å²) in [5.74, 6) is 0.128. The topological polar surface area (TPSA) is 59.4 Å². The summed E-state index contributed by atoms with van der Waals surface area (Å²) in [6, 6.07) is 1.04. The van der Waals surface area contributed by atoms with Crippen LogP contribution in [-0.4, -0.2) is 52.7 Å². The summed E-state index contributed by atoms with van der Waals surface area (Å²) in [6.07, 6.45) is 7.67. The number of imidazole rings is 1. The second-order valence-electron chi connectivity index (χ2n) is 6.34. The molecule has 1 N–H and O–H groups in total. The summed E-state index contributed by atoms with van der Waals surface area (Å²) in [6.45, 7) is 6.35. The van der Waals surface area contributed by atoms with Gasteiger partial charge in [0.05, 0.1) is 31.8 Å². The van der Waals surface area contributed by atoms with Crippen molar-refractivity contribution in [2.45, 2.75) is 51.2 Å². The Morgan fingerprint density at radius 3 is 2.95 bits per heavy atom. The molecular weight excluding hydrogens is 280 g/mol. The molecule has 1 aromatic heterocycles. The Hall–Kier alpha value is -1.40. The van der Waals surface area contributed by atoms with E-state index in [0.29, 0.717) is 25.0 Å². The van der Waals surface area contributed by atoms with E-state index in [9.17, 15) is 4.79 Å². The lowest BCUT2D eigenvalue weighted by Crippen LogP contribution is -2.42. The van der Waals surface area contributed by atoms with Crippen LogP contribution < -0.4 is 5.32 Å². The van der Waals surface area contributed by atoms with Gasteiger partial charge in [-0.3, -0.25) is 9.69 Å². The Morgan fingerprint density at radius 2 is 2.23 bits per heavy atom. The van der Waals surface area contributed by atoms with Crippen LogP contribution in [-0.2, 0) is 16.1 Å². The molecule has 22 heavy (non-hydrogen) atoms. The minimum atomic E-state index is 0.128. The number of morpholine rings is 1. The molecule has 0 aromatic carbocycles. The molecule has 6 heteroatoms. The molecule has 1 aliphatic heterocycles. The summed E-state index contributed by atoms with van der Waals surface area (Å²) in [7, 11) is 0. The first-order chi connectivity index (χ1) is 10.7. The van der Waals surface area contributed by atoms with Gasteiger partial charge in [0.2, 0.25) is 5.91 Å². The second-order valence-corrected chi connectivity index (χ2v) is 6.34. The van der Waals surface area contributed by atoms with Gasteiger partial charge in [-0.15, -0.1) is 0 Å². The molecule has 1 aromatic rings. The average molecular weight is 306 g/mol. The van der Waals surface area contributed by atoms with Crippen LogP contribution in [0.25, 0.3) is 0 Å². The fourth-order valence-corrected chi connectivity index (χ4v) is 2.97. The fourth-order valence-electron chi connectivity index (χ4n) is 2.97. The van der Waals surface area contributed by atoms with E-state index in [1.807, 2.05) is 12.5 Å². The highest BCUT2D eigenvalue weighted by atomic mass is 16.5. The number of amides is 1. The van der Waals surface area contributed by atoms with Gasteiger partial charge in [-0.2, -0.15) is 0 Å². The highest BCUT2D eigenvalue weighted by molar-refractivity contribution is 5.75. The van der Waals surface area contributed by atoms with Crippen molar-refractivity contribution in [1.82, 2.24) is 19.8 Å². The minimum Gasteiger partial charge on any atom is -0.379 e.